The molecule has 0 aromatic heterocycles. The molecule has 92 valence electrons. The Kier molecular flexibility index (Phi) is 3.24. The Hall–Kier alpha value is -1.29. The largest absolute Gasteiger partial charge is 0.316 e. The van der Waals surface area contributed by atoms with Crippen LogP contribution in [-0.2, 0) is 0 Å². The first-order chi connectivity index (χ1) is 8.01. The molecule has 1 heterocycles. The molecular weight excluding hydrogens is 224 g/mol. The Bertz CT molecular complexity index is 419. The second-order valence-electron chi connectivity index (χ2n) is 4.83. The molecule has 1 aromatic rings. The second-order valence-corrected chi connectivity index (χ2v) is 4.83. The molecule has 1 aliphatic rings. The van der Waals surface area contributed by atoms with E-state index in [1.807, 2.05) is 6.92 Å². The molecule has 1 unspecified atom stereocenters. The average Bonchev–Trinajstić information content (AvgIpc) is 2.27. The molecule has 1 fully saturated rings. The summed E-state index contributed by atoms with van der Waals surface area (Å²) in [6, 6.07) is 2.98. The maximum absolute atomic E-state index is 13.1. The van der Waals surface area contributed by atoms with Gasteiger partial charge in [0.05, 0.1) is 0 Å². The SMILES string of the molecule is CC1(C(=O)c2cc(F)cc(F)c2)CCCNC1. The van der Waals surface area contributed by atoms with E-state index in [2.05, 4.69) is 5.32 Å². The molecule has 17 heavy (non-hydrogen) atoms. The van der Waals surface area contributed by atoms with E-state index in [-0.39, 0.29) is 11.3 Å². The summed E-state index contributed by atoms with van der Waals surface area (Å²) in [4.78, 5) is 12.3. The number of hydrogen-bond donors (Lipinski definition) is 1. The Labute approximate surface area is 99.0 Å². The van der Waals surface area contributed by atoms with Gasteiger partial charge in [0.25, 0.3) is 0 Å². The van der Waals surface area contributed by atoms with E-state index in [0.717, 1.165) is 37.6 Å². The highest BCUT2D eigenvalue weighted by Gasteiger charge is 2.35. The third-order valence-corrected chi connectivity index (χ3v) is 3.27. The van der Waals surface area contributed by atoms with Crippen LogP contribution in [0.4, 0.5) is 8.78 Å². The lowest BCUT2D eigenvalue weighted by atomic mass is 9.76. The van der Waals surface area contributed by atoms with Crippen LogP contribution < -0.4 is 5.32 Å². The quantitative estimate of drug-likeness (QED) is 0.803. The first kappa shape index (κ1) is 12.2. The predicted octanol–water partition coefficient (Wildman–Crippen LogP) is 2.54. The minimum atomic E-state index is -0.708. The zero-order chi connectivity index (χ0) is 12.5. The van der Waals surface area contributed by atoms with Gasteiger partial charge in [-0.15, -0.1) is 0 Å². The number of ketones is 1. The van der Waals surface area contributed by atoms with Crippen LogP contribution in [0.15, 0.2) is 18.2 Å². The van der Waals surface area contributed by atoms with Crippen molar-refractivity contribution in [3.63, 3.8) is 0 Å². The number of carbonyl (C=O) groups is 1. The Balaban J connectivity index is 2.29. The molecule has 0 radical (unpaired) electrons. The fourth-order valence-electron chi connectivity index (χ4n) is 2.28. The highest BCUT2D eigenvalue weighted by Crippen LogP contribution is 2.30. The van der Waals surface area contributed by atoms with E-state index in [1.54, 1.807) is 0 Å². The van der Waals surface area contributed by atoms with Crippen LogP contribution in [0, 0.1) is 17.0 Å². The molecule has 1 aromatic carbocycles. The van der Waals surface area contributed by atoms with Crippen LogP contribution in [-0.4, -0.2) is 18.9 Å². The number of piperidine rings is 1. The molecule has 0 amide bonds. The van der Waals surface area contributed by atoms with Gasteiger partial charge in [0, 0.05) is 23.6 Å². The van der Waals surface area contributed by atoms with Crippen molar-refractivity contribution in [2.75, 3.05) is 13.1 Å². The smallest absolute Gasteiger partial charge is 0.170 e. The summed E-state index contributed by atoms with van der Waals surface area (Å²) in [6.07, 6.45) is 1.65. The standard InChI is InChI=1S/C13H15F2NO/c1-13(3-2-4-16-8-13)12(17)9-5-10(14)7-11(15)6-9/h5-7,16H,2-4,8H2,1H3. The molecule has 2 nitrogen and oxygen atoms in total. The number of halogens is 2. The second kappa shape index (κ2) is 4.53. The van der Waals surface area contributed by atoms with Gasteiger partial charge < -0.3 is 5.32 Å². The van der Waals surface area contributed by atoms with E-state index in [4.69, 9.17) is 0 Å². The summed E-state index contributed by atoms with van der Waals surface area (Å²) in [5, 5.41) is 3.15. The van der Waals surface area contributed by atoms with Crippen LogP contribution in [0.5, 0.6) is 0 Å². The van der Waals surface area contributed by atoms with Crippen molar-refractivity contribution in [3.05, 3.63) is 35.4 Å². The van der Waals surface area contributed by atoms with Crippen molar-refractivity contribution in [1.82, 2.24) is 5.32 Å². The Morgan fingerprint density at radius 2 is 1.94 bits per heavy atom. The lowest BCUT2D eigenvalue weighted by molar-refractivity contribution is 0.0772. The van der Waals surface area contributed by atoms with E-state index < -0.39 is 17.0 Å². The molecule has 1 aliphatic heterocycles. The van der Waals surface area contributed by atoms with Gasteiger partial charge in [-0.1, -0.05) is 6.92 Å². The molecular formula is C13H15F2NO. The van der Waals surface area contributed by atoms with Gasteiger partial charge in [-0.3, -0.25) is 4.79 Å². The van der Waals surface area contributed by atoms with Crippen molar-refractivity contribution < 1.29 is 13.6 Å². The molecule has 0 spiro atoms. The Morgan fingerprint density at radius 1 is 1.29 bits per heavy atom. The van der Waals surface area contributed by atoms with Crippen LogP contribution >= 0.6 is 0 Å². The third kappa shape index (κ3) is 2.52. The summed E-state index contributed by atoms with van der Waals surface area (Å²) < 4.78 is 26.1. The van der Waals surface area contributed by atoms with Crippen LogP contribution in [0.3, 0.4) is 0 Å². The first-order valence-electron chi connectivity index (χ1n) is 5.73. The fraction of sp³-hybridized carbons (Fsp3) is 0.462. The molecule has 1 saturated heterocycles. The van der Waals surface area contributed by atoms with Crippen molar-refractivity contribution >= 4 is 5.78 Å². The molecule has 2 rings (SSSR count). The molecule has 4 heteroatoms. The summed E-state index contributed by atoms with van der Waals surface area (Å²) in [6.45, 7) is 3.29. The van der Waals surface area contributed by atoms with Gasteiger partial charge in [-0.2, -0.15) is 0 Å². The predicted molar refractivity (Wildman–Crippen MR) is 60.9 cm³/mol. The number of hydrogen-bond acceptors (Lipinski definition) is 2. The van der Waals surface area contributed by atoms with Crippen LogP contribution in [0.2, 0.25) is 0 Å². The van der Waals surface area contributed by atoms with E-state index in [0.29, 0.717) is 6.54 Å². The summed E-state index contributed by atoms with van der Waals surface area (Å²) in [7, 11) is 0. The zero-order valence-corrected chi connectivity index (χ0v) is 9.72. The van der Waals surface area contributed by atoms with E-state index in [9.17, 15) is 13.6 Å². The zero-order valence-electron chi connectivity index (χ0n) is 9.72. The van der Waals surface area contributed by atoms with Gasteiger partial charge in [-0.05, 0) is 31.5 Å². The van der Waals surface area contributed by atoms with E-state index in [1.165, 1.54) is 0 Å². The maximum atomic E-state index is 13.1. The highest BCUT2D eigenvalue weighted by atomic mass is 19.1. The molecule has 1 N–H and O–H groups in total. The van der Waals surface area contributed by atoms with Crippen molar-refractivity contribution in [2.24, 2.45) is 5.41 Å². The van der Waals surface area contributed by atoms with Gasteiger partial charge >= 0.3 is 0 Å². The summed E-state index contributed by atoms with van der Waals surface area (Å²) >= 11 is 0. The minimum Gasteiger partial charge on any atom is -0.316 e. The topological polar surface area (TPSA) is 29.1 Å². The number of rotatable bonds is 2. The minimum absolute atomic E-state index is 0.119. The number of benzene rings is 1. The Morgan fingerprint density at radius 3 is 2.47 bits per heavy atom. The van der Waals surface area contributed by atoms with E-state index >= 15 is 0 Å². The van der Waals surface area contributed by atoms with Crippen molar-refractivity contribution in [1.29, 1.82) is 0 Å². The van der Waals surface area contributed by atoms with Gasteiger partial charge in [0.15, 0.2) is 5.78 Å². The monoisotopic (exact) mass is 239 g/mol. The fourth-order valence-corrected chi connectivity index (χ4v) is 2.28. The normalized spacial score (nSPS) is 24.6. The summed E-state index contributed by atoms with van der Waals surface area (Å²) in [5.41, 5.74) is -0.438. The molecule has 0 bridgehead atoms. The molecule has 0 aliphatic carbocycles. The van der Waals surface area contributed by atoms with Crippen molar-refractivity contribution in [2.45, 2.75) is 19.8 Å². The lowest BCUT2D eigenvalue weighted by Gasteiger charge is -2.32. The van der Waals surface area contributed by atoms with Crippen molar-refractivity contribution in [3.8, 4) is 0 Å². The number of Topliss-reactive ketones (excluding diaryl/α,β-unsaturated/α-hetero) is 1. The van der Waals surface area contributed by atoms with Crippen LogP contribution in [0.25, 0.3) is 0 Å². The highest BCUT2D eigenvalue weighted by molar-refractivity contribution is 6.00. The average molecular weight is 239 g/mol. The number of nitrogens with one attached hydrogen (secondary N) is 1. The van der Waals surface area contributed by atoms with Gasteiger partial charge in [-0.25, -0.2) is 8.78 Å². The molecule has 0 saturated carbocycles. The van der Waals surface area contributed by atoms with Gasteiger partial charge in [0.1, 0.15) is 11.6 Å². The maximum Gasteiger partial charge on any atom is 0.170 e. The molecule has 1 atom stereocenters. The number of carbonyl (C=O) groups excluding carboxylic acids is 1. The van der Waals surface area contributed by atoms with Crippen LogP contribution in [0.1, 0.15) is 30.1 Å². The first-order valence-corrected chi connectivity index (χ1v) is 5.73. The lowest BCUT2D eigenvalue weighted by Crippen LogP contribution is -2.43. The third-order valence-electron chi connectivity index (χ3n) is 3.27. The van der Waals surface area contributed by atoms with Gasteiger partial charge in [0.2, 0.25) is 0 Å². The summed E-state index contributed by atoms with van der Waals surface area (Å²) in [5.74, 6) is -1.61.